The average molecular weight is 424 g/mol. The fourth-order valence-electron chi connectivity index (χ4n) is 3.95. The number of benzene rings is 2. The molecule has 0 unspecified atom stereocenters. The second-order valence-electron chi connectivity index (χ2n) is 7.98. The Morgan fingerprint density at radius 2 is 2.03 bits per heavy atom. The third-order valence-electron chi connectivity index (χ3n) is 5.47. The van der Waals surface area contributed by atoms with Gasteiger partial charge in [-0.25, -0.2) is 4.39 Å². The van der Waals surface area contributed by atoms with E-state index in [1.54, 1.807) is 13.0 Å². The summed E-state index contributed by atoms with van der Waals surface area (Å²) in [6.07, 6.45) is 0. The van der Waals surface area contributed by atoms with Crippen LogP contribution in [0.5, 0.6) is 0 Å². The molecule has 2 N–H and O–H groups in total. The van der Waals surface area contributed by atoms with Crippen molar-refractivity contribution in [1.82, 2.24) is 5.32 Å². The Balaban J connectivity index is 1.58. The molecule has 2 aromatic carbocycles. The number of fused-ring (bicyclic) bond motifs is 2. The number of carbonyl (C=O) groups is 2. The first-order valence-electron chi connectivity index (χ1n) is 10.4. The fourth-order valence-corrected chi connectivity index (χ4v) is 3.95. The number of esters is 1. The first-order chi connectivity index (χ1) is 14.9. The molecule has 6 nitrogen and oxygen atoms in total. The van der Waals surface area contributed by atoms with Gasteiger partial charge in [0, 0.05) is 28.9 Å². The summed E-state index contributed by atoms with van der Waals surface area (Å²) in [6.45, 7) is 6.89. The van der Waals surface area contributed by atoms with Crippen molar-refractivity contribution in [2.45, 2.75) is 40.0 Å². The molecule has 0 fully saturated rings. The Labute approximate surface area is 180 Å². The van der Waals surface area contributed by atoms with Crippen molar-refractivity contribution in [3.63, 3.8) is 0 Å². The molecule has 2 heterocycles. The highest BCUT2D eigenvalue weighted by atomic mass is 19.1. The lowest BCUT2D eigenvalue weighted by atomic mass is 9.98. The molecule has 31 heavy (non-hydrogen) atoms. The average Bonchev–Trinajstić information content (AvgIpc) is 3.27. The Bertz CT molecular complexity index is 1080. The summed E-state index contributed by atoms with van der Waals surface area (Å²) in [7, 11) is 0. The Hall–Kier alpha value is -3.19. The summed E-state index contributed by atoms with van der Waals surface area (Å²) >= 11 is 0. The molecule has 1 atom stereocenters. The molecule has 0 spiro atoms. The van der Waals surface area contributed by atoms with E-state index in [0.29, 0.717) is 42.3 Å². The lowest BCUT2D eigenvalue weighted by Gasteiger charge is -2.20. The zero-order valence-electron chi connectivity index (χ0n) is 17.8. The van der Waals surface area contributed by atoms with Crippen LogP contribution in [0.2, 0.25) is 0 Å². The fraction of sp³-hybridized carbons (Fsp3) is 0.333. The number of hydrogen-bond acceptors (Lipinski definition) is 5. The second kappa shape index (κ2) is 8.51. The minimum Gasteiger partial charge on any atom is -0.487 e. The SMILES string of the molecule is CCOC(=O)[C@@H](NCc1ccc2c(c1)CO/C2=C1/C(=O)Nc2ccc(F)cc21)C(C)C. The summed E-state index contributed by atoms with van der Waals surface area (Å²) in [4.78, 5) is 24.7. The number of ether oxygens (including phenoxy) is 2. The lowest BCUT2D eigenvalue weighted by Crippen LogP contribution is -2.41. The van der Waals surface area contributed by atoms with E-state index in [1.807, 2.05) is 32.0 Å². The van der Waals surface area contributed by atoms with Gasteiger partial charge in [0.15, 0.2) is 0 Å². The van der Waals surface area contributed by atoms with Crippen LogP contribution < -0.4 is 10.6 Å². The van der Waals surface area contributed by atoms with Gasteiger partial charge in [-0.05, 0) is 36.6 Å². The van der Waals surface area contributed by atoms with Crippen LogP contribution in [0.15, 0.2) is 36.4 Å². The van der Waals surface area contributed by atoms with Crippen molar-refractivity contribution < 1.29 is 23.5 Å². The van der Waals surface area contributed by atoms with Crippen LogP contribution >= 0.6 is 0 Å². The Morgan fingerprint density at radius 1 is 1.23 bits per heavy atom. The highest BCUT2D eigenvalue weighted by Gasteiger charge is 2.33. The summed E-state index contributed by atoms with van der Waals surface area (Å²) in [6, 6.07) is 9.65. The maximum atomic E-state index is 13.8. The first kappa shape index (κ1) is 21.1. The summed E-state index contributed by atoms with van der Waals surface area (Å²) in [5.41, 5.74) is 4.18. The molecule has 0 saturated heterocycles. The van der Waals surface area contributed by atoms with Gasteiger partial charge in [-0.1, -0.05) is 32.0 Å². The van der Waals surface area contributed by atoms with E-state index in [0.717, 1.165) is 16.7 Å². The van der Waals surface area contributed by atoms with E-state index in [2.05, 4.69) is 10.6 Å². The van der Waals surface area contributed by atoms with Crippen molar-refractivity contribution in [3.8, 4) is 0 Å². The smallest absolute Gasteiger partial charge is 0.323 e. The van der Waals surface area contributed by atoms with Crippen LogP contribution in [0.4, 0.5) is 10.1 Å². The molecule has 7 heteroatoms. The monoisotopic (exact) mass is 424 g/mol. The number of rotatable bonds is 6. The molecule has 1 amide bonds. The minimum absolute atomic E-state index is 0.0921. The second-order valence-corrected chi connectivity index (χ2v) is 7.98. The number of nitrogens with one attached hydrogen (secondary N) is 2. The number of carbonyl (C=O) groups excluding carboxylic acids is 2. The van der Waals surface area contributed by atoms with E-state index in [1.165, 1.54) is 12.1 Å². The number of halogens is 1. The molecule has 0 bridgehead atoms. The Kier molecular flexibility index (Phi) is 5.78. The van der Waals surface area contributed by atoms with Crippen molar-refractivity contribution >= 4 is 28.9 Å². The van der Waals surface area contributed by atoms with E-state index >= 15 is 0 Å². The van der Waals surface area contributed by atoms with Gasteiger partial charge in [-0.15, -0.1) is 0 Å². The van der Waals surface area contributed by atoms with Gasteiger partial charge in [0.1, 0.15) is 24.2 Å². The van der Waals surface area contributed by atoms with Gasteiger partial charge < -0.3 is 20.1 Å². The molecule has 4 rings (SSSR count). The van der Waals surface area contributed by atoms with Crippen LogP contribution in [-0.2, 0) is 32.2 Å². The van der Waals surface area contributed by atoms with Crippen molar-refractivity contribution in [3.05, 3.63) is 64.5 Å². The van der Waals surface area contributed by atoms with Gasteiger partial charge >= 0.3 is 5.97 Å². The zero-order chi connectivity index (χ0) is 22.1. The molecule has 0 saturated carbocycles. The van der Waals surface area contributed by atoms with Crippen molar-refractivity contribution in [2.24, 2.45) is 5.92 Å². The molecular weight excluding hydrogens is 399 g/mol. The number of amides is 1. The largest absolute Gasteiger partial charge is 0.487 e. The molecule has 2 aromatic rings. The number of anilines is 1. The lowest BCUT2D eigenvalue weighted by molar-refractivity contribution is -0.146. The predicted octanol–water partition coefficient (Wildman–Crippen LogP) is 3.85. The van der Waals surface area contributed by atoms with E-state index in [9.17, 15) is 14.0 Å². The summed E-state index contributed by atoms with van der Waals surface area (Å²) in [5, 5.41) is 6.03. The van der Waals surface area contributed by atoms with Crippen LogP contribution in [-0.4, -0.2) is 24.5 Å². The Morgan fingerprint density at radius 3 is 2.77 bits per heavy atom. The molecule has 2 aliphatic heterocycles. The first-order valence-corrected chi connectivity index (χ1v) is 10.4. The van der Waals surface area contributed by atoms with Crippen LogP contribution in [0.25, 0.3) is 11.3 Å². The minimum atomic E-state index is -0.408. The van der Waals surface area contributed by atoms with E-state index < -0.39 is 11.9 Å². The molecule has 162 valence electrons. The van der Waals surface area contributed by atoms with E-state index in [4.69, 9.17) is 9.47 Å². The third kappa shape index (κ3) is 4.05. The van der Waals surface area contributed by atoms with E-state index in [-0.39, 0.29) is 17.8 Å². The van der Waals surface area contributed by atoms with Crippen molar-refractivity contribution in [2.75, 3.05) is 11.9 Å². The van der Waals surface area contributed by atoms with Gasteiger partial charge in [-0.3, -0.25) is 9.59 Å². The molecule has 2 aliphatic rings. The van der Waals surface area contributed by atoms with Gasteiger partial charge in [0.05, 0.1) is 12.2 Å². The molecular formula is C24H25FN2O4. The summed E-state index contributed by atoms with van der Waals surface area (Å²) < 4.78 is 24.8. The maximum absolute atomic E-state index is 13.8. The molecule has 0 radical (unpaired) electrons. The quantitative estimate of drug-likeness (QED) is 0.544. The highest BCUT2D eigenvalue weighted by Crippen LogP contribution is 2.41. The standard InChI is InChI=1S/C24H25FN2O4/c1-4-30-24(29)21(13(2)3)26-11-14-5-7-17-15(9-14)12-31-22(17)20-18-10-16(25)6-8-19(18)27-23(20)28/h5-10,13,21,26H,4,11-12H2,1-3H3,(H,27,28)/b22-20+/t21-/m0/s1. The molecule has 0 aromatic heterocycles. The number of hydrogen-bond donors (Lipinski definition) is 2. The topological polar surface area (TPSA) is 76.7 Å². The molecule has 0 aliphatic carbocycles. The normalized spacial score (nSPS) is 17.8. The maximum Gasteiger partial charge on any atom is 0.323 e. The van der Waals surface area contributed by atoms with Gasteiger partial charge in [-0.2, -0.15) is 0 Å². The van der Waals surface area contributed by atoms with Gasteiger partial charge in [0.2, 0.25) is 0 Å². The predicted molar refractivity (Wildman–Crippen MR) is 115 cm³/mol. The summed E-state index contributed by atoms with van der Waals surface area (Å²) in [5.74, 6) is -0.415. The van der Waals surface area contributed by atoms with Crippen LogP contribution in [0, 0.1) is 11.7 Å². The zero-order valence-corrected chi connectivity index (χ0v) is 17.8. The van der Waals surface area contributed by atoms with Crippen LogP contribution in [0.3, 0.4) is 0 Å². The third-order valence-corrected chi connectivity index (χ3v) is 5.47. The van der Waals surface area contributed by atoms with Crippen LogP contribution in [0.1, 0.15) is 43.0 Å². The van der Waals surface area contributed by atoms with Crippen molar-refractivity contribution in [1.29, 1.82) is 0 Å². The highest BCUT2D eigenvalue weighted by molar-refractivity contribution is 6.36. The van der Waals surface area contributed by atoms with Gasteiger partial charge in [0.25, 0.3) is 5.91 Å².